The van der Waals surface area contributed by atoms with Crippen LogP contribution in [0.25, 0.3) is 11.6 Å². The summed E-state index contributed by atoms with van der Waals surface area (Å²) in [5.74, 6) is 0.633. The van der Waals surface area contributed by atoms with E-state index < -0.39 is 6.10 Å². The quantitative estimate of drug-likeness (QED) is 0.499. The van der Waals surface area contributed by atoms with Crippen LogP contribution in [0.15, 0.2) is 34.8 Å². The number of nitrogens with two attached hydrogens (primary N) is 1. The van der Waals surface area contributed by atoms with E-state index in [1.807, 2.05) is 25.1 Å². The van der Waals surface area contributed by atoms with E-state index in [9.17, 15) is 19.8 Å². The van der Waals surface area contributed by atoms with Gasteiger partial charge in [-0.25, -0.2) is 4.99 Å². The molecule has 2 heterocycles. The van der Waals surface area contributed by atoms with Crippen molar-refractivity contribution >= 4 is 35.0 Å². The number of carbonyl (C=O) groups is 2. The number of rotatable bonds is 8. The molecule has 1 aromatic carbocycles. The van der Waals surface area contributed by atoms with Gasteiger partial charge in [0.25, 0.3) is 0 Å². The number of fused-ring (bicyclic) bond motifs is 1. The Morgan fingerprint density at radius 3 is 2.76 bits per heavy atom. The van der Waals surface area contributed by atoms with Gasteiger partial charge in [-0.1, -0.05) is 32.1 Å². The first-order chi connectivity index (χ1) is 17.8. The van der Waals surface area contributed by atoms with Crippen LogP contribution < -0.4 is 5.73 Å². The third-order valence-corrected chi connectivity index (χ3v) is 7.65. The molecule has 0 bridgehead atoms. The second kappa shape index (κ2) is 12.0. The zero-order valence-corrected chi connectivity index (χ0v) is 22.0. The number of β-amino-alcohol motifs (C(OH)–C–C–N with tert-alkyl or cyclic N) is 1. The van der Waals surface area contributed by atoms with Crippen molar-refractivity contribution in [3.05, 3.63) is 41.0 Å². The predicted molar refractivity (Wildman–Crippen MR) is 146 cm³/mol. The number of hydrogen-bond donors (Lipinski definition) is 3. The van der Waals surface area contributed by atoms with Gasteiger partial charge in [-0.15, -0.1) is 0 Å². The van der Waals surface area contributed by atoms with Crippen LogP contribution in [0.3, 0.4) is 0 Å². The lowest BCUT2D eigenvalue weighted by Crippen LogP contribution is -2.38. The minimum atomic E-state index is -0.401. The first kappa shape index (κ1) is 27.1. The van der Waals surface area contributed by atoms with Crippen LogP contribution >= 0.6 is 0 Å². The molecule has 2 unspecified atom stereocenters. The molecule has 3 aliphatic rings. The number of hydrogen-bond acceptors (Lipinski definition) is 6. The maximum atomic E-state index is 13.3. The van der Waals surface area contributed by atoms with E-state index in [1.165, 1.54) is 5.57 Å². The number of aliphatic hydroxyl groups excluding tert-OH is 2. The molecule has 37 heavy (non-hydrogen) atoms. The Bertz CT molecular complexity index is 1110. The van der Waals surface area contributed by atoms with Crippen LogP contribution in [-0.4, -0.2) is 76.6 Å². The van der Waals surface area contributed by atoms with Crippen molar-refractivity contribution in [2.24, 2.45) is 22.6 Å². The molecule has 0 saturated carbocycles. The molecular weight excluding hydrogens is 468 g/mol. The normalized spacial score (nSPS) is 23.5. The molecule has 0 aromatic heterocycles. The van der Waals surface area contributed by atoms with Crippen molar-refractivity contribution in [1.82, 2.24) is 9.80 Å². The Morgan fingerprint density at radius 1 is 1.27 bits per heavy atom. The molecule has 3 atom stereocenters. The number of amides is 2. The highest BCUT2D eigenvalue weighted by molar-refractivity contribution is 6.05. The molecule has 2 amide bonds. The number of allylic oxidation sites excluding steroid dienone is 2. The molecule has 4 N–H and O–H groups in total. The van der Waals surface area contributed by atoms with Crippen LogP contribution in [0.5, 0.6) is 0 Å². The van der Waals surface area contributed by atoms with E-state index in [4.69, 9.17) is 5.73 Å². The first-order valence-corrected chi connectivity index (χ1v) is 13.5. The molecule has 0 radical (unpaired) electrons. The monoisotopic (exact) mass is 508 g/mol. The molecular formula is C29H40N4O4. The number of carbonyl (C=O) groups excluding carboxylic acids is 2. The lowest BCUT2D eigenvalue weighted by molar-refractivity contribution is -0.136. The summed E-state index contributed by atoms with van der Waals surface area (Å²) in [6, 6.07) is 6.08. The fourth-order valence-corrected chi connectivity index (χ4v) is 5.61. The summed E-state index contributed by atoms with van der Waals surface area (Å²) in [4.78, 5) is 34.5. The highest BCUT2D eigenvalue weighted by atomic mass is 16.3. The van der Waals surface area contributed by atoms with E-state index in [1.54, 1.807) is 9.80 Å². The highest BCUT2D eigenvalue weighted by Crippen LogP contribution is 2.38. The molecule has 1 aliphatic carbocycles. The number of likely N-dealkylation sites (tertiary alicyclic amines) is 1. The van der Waals surface area contributed by atoms with Gasteiger partial charge in [0.15, 0.2) is 0 Å². The standard InChI is InChI=1S/C29H40N4O4/c1-3-10-32(11-4-13-34)28(36)23-15-22-6-5-21(16-26(22)31-27(30)17-23)20-7-8-25(19(2)14-20)29(37)33-12-9-24(35)18-33/h5-7,15-16,19,24-25,34-35H,3-4,8-14,17-18H2,1-2H3,(H2,30,31)/t19?,24-,25?/m1/s1. The van der Waals surface area contributed by atoms with Gasteiger partial charge in [0.2, 0.25) is 11.8 Å². The first-order valence-electron chi connectivity index (χ1n) is 13.5. The molecule has 8 heteroatoms. The van der Waals surface area contributed by atoms with Crippen molar-refractivity contribution in [2.45, 2.75) is 58.5 Å². The number of benzene rings is 1. The third kappa shape index (κ3) is 6.30. The molecule has 1 saturated heterocycles. The Morgan fingerprint density at radius 2 is 2.08 bits per heavy atom. The van der Waals surface area contributed by atoms with Crippen LogP contribution in [0.1, 0.15) is 63.5 Å². The largest absolute Gasteiger partial charge is 0.396 e. The maximum Gasteiger partial charge on any atom is 0.250 e. The Balaban J connectivity index is 1.53. The molecule has 1 aromatic rings. The summed E-state index contributed by atoms with van der Waals surface area (Å²) in [7, 11) is 0. The van der Waals surface area contributed by atoms with E-state index in [2.05, 4.69) is 24.1 Å². The van der Waals surface area contributed by atoms with E-state index in [0.717, 1.165) is 29.7 Å². The van der Waals surface area contributed by atoms with Crippen molar-refractivity contribution in [2.75, 3.05) is 32.8 Å². The van der Waals surface area contributed by atoms with Crippen LogP contribution in [0.4, 0.5) is 5.69 Å². The lowest BCUT2D eigenvalue weighted by atomic mass is 9.78. The van der Waals surface area contributed by atoms with Gasteiger partial charge in [-0.2, -0.15) is 0 Å². The fraction of sp³-hybridized carbons (Fsp3) is 0.552. The van der Waals surface area contributed by atoms with Crippen molar-refractivity contribution in [3.8, 4) is 0 Å². The minimum absolute atomic E-state index is 0.0481. The second-order valence-electron chi connectivity index (χ2n) is 10.6. The average molecular weight is 509 g/mol. The van der Waals surface area contributed by atoms with Crippen LogP contribution in [0.2, 0.25) is 0 Å². The topological polar surface area (TPSA) is 119 Å². The van der Waals surface area contributed by atoms with Gasteiger partial charge < -0.3 is 25.7 Å². The number of aliphatic imine (C=N–C) groups is 1. The van der Waals surface area contributed by atoms with Gasteiger partial charge in [0, 0.05) is 56.3 Å². The smallest absolute Gasteiger partial charge is 0.250 e. The Hall–Kier alpha value is -2.97. The molecule has 0 spiro atoms. The summed E-state index contributed by atoms with van der Waals surface area (Å²) >= 11 is 0. The van der Waals surface area contributed by atoms with E-state index in [-0.39, 0.29) is 36.7 Å². The maximum absolute atomic E-state index is 13.3. The average Bonchev–Trinajstić information content (AvgIpc) is 3.24. The summed E-state index contributed by atoms with van der Waals surface area (Å²) < 4.78 is 0. The van der Waals surface area contributed by atoms with Gasteiger partial charge in [0.1, 0.15) is 5.84 Å². The van der Waals surface area contributed by atoms with Gasteiger partial charge >= 0.3 is 0 Å². The summed E-state index contributed by atoms with van der Waals surface area (Å²) in [6.45, 7) is 6.43. The zero-order chi connectivity index (χ0) is 26.5. The van der Waals surface area contributed by atoms with Gasteiger partial charge in [-0.3, -0.25) is 9.59 Å². The van der Waals surface area contributed by atoms with Crippen molar-refractivity contribution in [3.63, 3.8) is 0 Å². The SMILES string of the molecule is CCCN(CCCO)C(=O)C1=Cc2ccc(C3=CCC(C(=O)N4CC[C@@H](O)C4)C(C)C3)cc2N=C(N)C1. The summed E-state index contributed by atoms with van der Waals surface area (Å²) in [5, 5.41) is 19.0. The van der Waals surface area contributed by atoms with Crippen LogP contribution in [-0.2, 0) is 9.59 Å². The zero-order valence-electron chi connectivity index (χ0n) is 22.0. The summed E-state index contributed by atoms with van der Waals surface area (Å²) in [5.41, 5.74) is 10.7. The minimum Gasteiger partial charge on any atom is -0.396 e. The number of nitrogens with zero attached hydrogens (tertiary/aromatic N) is 3. The predicted octanol–water partition coefficient (Wildman–Crippen LogP) is 3.11. The molecule has 200 valence electrons. The van der Waals surface area contributed by atoms with E-state index >= 15 is 0 Å². The summed E-state index contributed by atoms with van der Waals surface area (Å²) in [6.07, 6.45) is 7.46. The number of amidine groups is 1. The van der Waals surface area contributed by atoms with E-state index in [0.29, 0.717) is 56.9 Å². The molecule has 2 aliphatic heterocycles. The fourth-order valence-electron chi connectivity index (χ4n) is 5.61. The molecule has 4 rings (SSSR count). The van der Waals surface area contributed by atoms with Gasteiger partial charge in [0.05, 0.1) is 11.8 Å². The highest BCUT2D eigenvalue weighted by Gasteiger charge is 2.34. The van der Waals surface area contributed by atoms with Gasteiger partial charge in [-0.05, 0) is 61.3 Å². The Kier molecular flexibility index (Phi) is 8.82. The van der Waals surface area contributed by atoms with Crippen molar-refractivity contribution in [1.29, 1.82) is 0 Å². The lowest BCUT2D eigenvalue weighted by Gasteiger charge is -2.31. The third-order valence-electron chi connectivity index (χ3n) is 7.65. The molecule has 1 fully saturated rings. The molecule has 8 nitrogen and oxygen atoms in total. The van der Waals surface area contributed by atoms with Crippen molar-refractivity contribution < 1.29 is 19.8 Å². The van der Waals surface area contributed by atoms with Crippen LogP contribution in [0, 0.1) is 11.8 Å². The second-order valence-corrected chi connectivity index (χ2v) is 10.6. The number of aliphatic hydroxyl groups is 2. The Labute approximate surface area is 219 Å².